The molecule has 0 radical (unpaired) electrons. The Labute approximate surface area is 228 Å². The lowest BCUT2D eigenvalue weighted by atomic mass is 10.0. The van der Waals surface area contributed by atoms with Crippen molar-refractivity contribution in [2.45, 2.75) is 45.8 Å². The Bertz CT molecular complexity index is 1430. The quantitative estimate of drug-likeness (QED) is 0.196. The number of rotatable bonds is 8. The Morgan fingerprint density at radius 2 is 1.69 bits per heavy atom. The number of hydrogen-bond acceptors (Lipinski definition) is 6. The highest BCUT2D eigenvalue weighted by atomic mass is 16.6. The van der Waals surface area contributed by atoms with Gasteiger partial charge in [-0.05, 0) is 80.5 Å². The Morgan fingerprint density at radius 3 is 2.33 bits per heavy atom. The van der Waals surface area contributed by atoms with Crippen molar-refractivity contribution >= 4 is 17.6 Å². The molecule has 0 unspecified atom stereocenters. The average molecular weight is 527 g/mol. The number of carbonyl (C=O) groups is 1. The van der Waals surface area contributed by atoms with Crippen LogP contribution in [0.4, 0.5) is 16.3 Å². The van der Waals surface area contributed by atoms with Crippen LogP contribution >= 0.6 is 0 Å². The van der Waals surface area contributed by atoms with Crippen molar-refractivity contribution in [3.63, 3.8) is 0 Å². The maximum atomic E-state index is 12.7. The van der Waals surface area contributed by atoms with Gasteiger partial charge in [-0.25, -0.2) is 4.79 Å². The van der Waals surface area contributed by atoms with Gasteiger partial charge in [0.1, 0.15) is 17.1 Å². The van der Waals surface area contributed by atoms with Gasteiger partial charge in [0.05, 0.1) is 5.69 Å². The number of hydrogen-bond donors (Lipinski definition) is 4. The maximum Gasteiger partial charge on any atom is 0.410 e. The zero-order valence-corrected chi connectivity index (χ0v) is 22.4. The minimum Gasteiger partial charge on any atom is -0.508 e. The molecule has 1 fully saturated rings. The number of aromatic nitrogens is 2. The normalized spacial score (nSPS) is 13.2. The van der Waals surface area contributed by atoms with Gasteiger partial charge in [-0.2, -0.15) is 5.10 Å². The van der Waals surface area contributed by atoms with Crippen molar-refractivity contribution in [2.75, 3.05) is 11.9 Å². The second kappa shape index (κ2) is 10.7. The molecule has 1 aliphatic carbocycles. The van der Waals surface area contributed by atoms with Gasteiger partial charge in [-0.1, -0.05) is 36.4 Å². The molecule has 4 N–H and O–H groups in total. The van der Waals surface area contributed by atoms with Crippen LogP contribution in [0, 0.1) is 5.92 Å². The van der Waals surface area contributed by atoms with Crippen molar-refractivity contribution in [1.29, 1.82) is 0 Å². The number of ether oxygens (including phenoxy) is 1. The number of aromatic amines is 1. The van der Waals surface area contributed by atoms with E-state index in [1.165, 1.54) is 18.9 Å². The fraction of sp³-hybridized carbons (Fsp3) is 0.290. The molecule has 5 rings (SSSR count). The van der Waals surface area contributed by atoms with E-state index in [0.29, 0.717) is 23.8 Å². The van der Waals surface area contributed by atoms with Gasteiger partial charge in [0.2, 0.25) is 0 Å². The highest BCUT2D eigenvalue weighted by molar-refractivity contribution is 5.74. The molecule has 8 nitrogen and oxygen atoms in total. The van der Waals surface area contributed by atoms with E-state index in [0.717, 1.165) is 34.6 Å². The zero-order chi connectivity index (χ0) is 27.6. The van der Waals surface area contributed by atoms with E-state index in [1.54, 1.807) is 17.0 Å². The van der Waals surface area contributed by atoms with Gasteiger partial charge in [-0.15, -0.1) is 0 Å². The number of phenols is 2. The average Bonchev–Trinajstić information content (AvgIpc) is 3.59. The summed E-state index contributed by atoms with van der Waals surface area (Å²) < 4.78 is 5.62. The predicted octanol–water partition coefficient (Wildman–Crippen LogP) is 7.05. The minimum atomic E-state index is -0.521. The second-order valence-electron chi connectivity index (χ2n) is 11.1. The van der Waals surface area contributed by atoms with Crippen molar-refractivity contribution in [3.8, 4) is 33.9 Å². The van der Waals surface area contributed by atoms with Crippen LogP contribution in [0.5, 0.6) is 11.5 Å². The zero-order valence-electron chi connectivity index (χ0n) is 22.4. The lowest BCUT2D eigenvalue weighted by molar-refractivity contribution is 0.0224. The van der Waals surface area contributed by atoms with E-state index in [1.807, 2.05) is 75.4 Å². The first kappa shape index (κ1) is 26.2. The van der Waals surface area contributed by atoms with Crippen LogP contribution in [-0.2, 0) is 11.3 Å². The molecule has 1 aromatic heterocycles. The summed E-state index contributed by atoms with van der Waals surface area (Å²) in [6.07, 6.45) is 2.06. The predicted molar refractivity (Wildman–Crippen MR) is 152 cm³/mol. The molecule has 1 aliphatic rings. The first-order valence-corrected chi connectivity index (χ1v) is 13.1. The van der Waals surface area contributed by atoms with Crippen molar-refractivity contribution in [3.05, 3.63) is 78.4 Å². The number of nitrogens with one attached hydrogen (secondary N) is 2. The van der Waals surface area contributed by atoms with Crippen molar-refractivity contribution in [2.24, 2.45) is 5.92 Å². The summed E-state index contributed by atoms with van der Waals surface area (Å²) in [6, 6.07) is 22.2. The molecule has 1 saturated carbocycles. The number of amides is 1. The standard InChI is InChI=1S/C31H34N4O4/c1-31(2,3)39-30(38)35(18-20-4-5-20)19-21-6-12-24(13-7-21)32-29-17-27(33-34-29)23-10-8-22(9-11-23)26-15-14-25(36)16-28(26)37/h6-17,20,36-37H,4-5,18-19H2,1-3H3,(H2,32,33,34). The van der Waals surface area contributed by atoms with E-state index in [2.05, 4.69) is 15.5 Å². The van der Waals surface area contributed by atoms with Gasteiger partial charge >= 0.3 is 6.09 Å². The number of carbonyl (C=O) groups excluding carboxylic acids is 1. The van der Waals surface area contributed by atoms with E-state index in [9.17, 15) is 15.0 Å². The molecule has 0 bridgehead atoms. The third-order valence-corrected chi connectivity index (χ3v) is 6.49. The summed E-state index contributed by atoms with van der Waals surface area (Å²) in [5.74, 6) is 1.31. The lowest BCUT2D eigenvalue weighted by Gasteiger charge is -2.27. The van der Waals surface area contributed by atoms with Crippen LogP contribution in [0.15, 0.2) is 72.8 Å². The molecule has 1 heterocycles. The van der Waals surface area contributed by atoms with Crippen LogP contribution < -0.4 is 5.32 Å². The highest BCUT2D eigenvalue weighted by Gasteiger charge is 2.29. The lowest BCUT2D eigenvalue weighted by Crippen LogP contribution is -2.37. The molecule has 0 atom stereocenters. The van der Waals surface area contributed by atoms with Crippen molar-refractivity contribution < 1.29 is 19.7 Å². The summed E-state index contributed by atoms with van der Waals surface area (Å²) in [7, 11) is 0. The Hall–Kier alpha value is -4.46. The monoisotopic (exact) mass is 526 g/mol. The molecular weight excluding hydrogens is 492 g/mol. The Morgan fingerprint density at radius 1 is 1.00 bits per heavy atom. The molecule has 0 spiro atoms. The highest BCUT2D eigenvalue weighted by Crippen LogP contribution is 2.34. The van der Waals surface area contributed by atoms with Gasteiger partial charge in [0, 0.05) is 36.5 Å². The first-order valence-electron chi connectivity index (χ1n) is 13.1. The number of anilines is 2. The molecule has 39 heavy (non-hydrogen) atoms. The summed E-state index contributed by atoms with van der Waals surface area (Å²) in [4.78, 5) is 14.5. The van der Waals surface area contributed by atoms with Crippen LogP contribution in [0.2, 0.25) is 0 Å². The molecule has 8 heteroatoms. The van der Waals surface area contributed by atoms with Gasteiger partial charge in [-0.3, -0.25) is 5.10 Å². The van der Waals surface area contributed by atoms with E-state index < -0.39 is 5.60 Å². The van der Waals surface area contributed by atoms with Gasteiger partial charge < -0.3 is 25.2 Å². The fourth-order valence-corrected chi connectivity index (χ4v) is 4.33. The number of H-pyrrole nitrogens is 1. The van der Waals surface area contributed by atoms with Gasteiger partial charge in [0.15, 0.2) is 5.82 Å². The van der Waals surface area contributed by atoms with E-state index in [4.69, 9.17) is 4.74 Å². The second-order valence-corrected chi connectivity index (χ2v) is 11.1. The first-order chi connectivity index (χ1) is 18.6. The fourth-order valence-electron chi connectivity index (χ4n) is 4.33. The van der Waals surface area contributed by atoms with Crippen LogP contribution in [-0.4, -0.2) is 43.5 Å². The smallest absolute Gasteiger partial charge is 0.410 e. The number of benzene rings is 3. The summed E-state index contributed by atoms with van der Waals surface area (Å²) in [6.45, 7) is 6.90. The Balaban J connectivity index is 1.22. The molecule has 0 aliphatic heterocycles. The Kier molecular flexibility index (Phi) is 7.19. The van der Waals surface area contributed by atoms with Crippen molar-refractivity contribution in [1.82, 2.24) is 15.1 Å². The molecule has 202 valence electrons. The maximum absolute atomic E-state index is 12.7. The van der Waals surface area contributed by atoms with Crippen LogP contribution in [0.1, 0.15) is 39.2 Å². The summed E-state index contributed by atoms with van der Waals surface area (Å²) >= 11 is 0. The van der Waals surface area contributed by atoms with E-state index >= 15 is 0 Å². The molecular formula is C31H34N4O4. The minimum absolute atomic E-state index is 0.0244. The molecule has 3 aromatic carbocycles. The molecule has 0 saturated heterocycles. The van der Waals surface area contributed by atoms with Crippen LogP contribution in [0.25, 0.3) is 22.4 Å². The van der Waals surface area contributed by atoms with Gasteiger partial charge in [0.25, 0.3) is 0 Å². The summed E-state index contributed by atoms with van der Waals surface area (Å²) in [5.41, 5.74) is 4.70. The topological polar surface area (TPSA) is 111 Å². The largest absolute Gasteiger partial charge is 0.508 e. The SMILES string of the molecule is CC(C)(C)OC(=O)N(Cc1ccc(Nc2cc(-c3ccc(-c4ccc(O)cc4O)cc3)[nH]n2)cc1)CC1CC1. The summed E-state index contributed by atoms with van der Waals surface area (Å²) in [5, 5.41) is 30.4. The van der Waals surface area contributed by atoms with Crippen LogP contribution in [0.3, 0.4) is 0 Å². The molecule has 4 aromatic rings. The molecule has 1 amide bonds. The number of nitrogens with zero attached hydrogens (tertiary/aromatic N) is 2. The van der Waals surface area contributed by atoms with E-state index in [-0.39, 0.29) is 17.6 Å². The number of phenolic OH excluding ortho intramolecular Hbond substituents is 2. The number of aromatic hydroxyl groups is 2. The third kappa shape index (κ3) is 6.90. The third-order valence-electron chi connectivity index (χ3n) is 6.49.